The van der Waals surface area contributed by atoms with E-state index in [9.17, 15) is 18.6 Å². The van der Waals surface area contributed by atoms with Crippen LogP contribution >= 0.6 is 0 Å². The fraction of sp³-hybridized carbons (Fsp3) is 0.667. The molecule has 0 radical (unpaired) electrons. The van der Waals surface area contributed by atoms with Crippen LogP contribution in [0.25, 0.3) is 0 Å². The number of nitrogens with zero attached hydrogens (tertiary/aromatic N) is 1. The second-order valence-electron chi connectivity index (χ2n) is 7.74. The lowest BCUT2D eigenvalue weighted by Crippen LogP contribution is -2.59. The Kier molecular flexibility index (Phi) is 4.98. The van der Waals surface area contributed by atoms with Gasteiger partial charge in [-0.15, -0.1) is 0 Å². The topological polar surface area (TPSA) is 87.1 Å². The summed E-state index contributed by atoms with van der Waals surface area (Å²) in [5, 5.41) is 20.2. The number of sulfone groups is 1. The summed E-state index contributed by atoms with van der Waals surface area (Å²) < 4.78 is 28.9. The highest BCUT2D eigenvalue weighted by Crippen LogP contribution is 2.39. The maximum absolute atomic E-state index is 11.5. The van der Waals surface area contributed by atoms with Gasteiger partial charge in [-0.1, -0.05) is 12.1 Å². The maximum atomic E-state index is 11.5. The van der Waals surface area contributed by atoms with Crippen LogP contribution in [0.3, 0.4) is 0 Å². The van der Waals surface area contributed by atoms with Crippen molar-refractivity contribution in [1.82, 2.24) is 4.90 Å². The van der Waals surface area contributed by atoms with Gasteiger partial charge in [-0.2, -0.15) is 0 Å². The van der Waals surface area contributed by atoms with Gasteiger partial charge in [0.2, 0.25) is 0 Å². The highest BCUT2D eigenvalue weighted by Gasteiger charge is 2.48. The summed E-state index contributed by atoms with van der Waals surface area (Å²) in [5.74, 6) is 0. The zero-order valence-electron chi connectivity index (χ0n) is 14.8. The van der Waals surface area contributed by atoms with Crippen molar-refractivity contribution in [2.75, 3.05) is 26.0 Å². The summed E-state index contributed by atoms with van der Waals surface area (Å²) in [7, 11) is -3.16. The average Bonchev–Trinajstić information content (AvgIpc) is 2.53. The first-order valence-corrected chi connectivity index (χ1v) is 10.5. The van der Waals surface area contributed by atoms with Crippen LogP contribution in [0.1, 0.15) is 31.7 Å². The summed E-state index contributed by atoms with van der Waals surface area (Å²) in [5.41, 5.74) is -0.364. The molecule has 2 fully saturated rings. The van der Waals surface area contributed by atoms with Crippen molar-refractivity contribution in [2.24, 2.45) is 0 Å². The summed E-state index contributed by atoms with van der Waals surface area (Å²) >= 11 is 0. The van der Waals surface area contributed by atoms with E-state index in [1.165, 1.54) is 6.26 Å². The van der Waals surface area contributed by atoms with E-state index in [0.29, 0.717) is 11.3 Å². The van der Waals surface area contributed by atoms with Gasteiger partial charge >= 0.3 is 0 Å². The number of aliphatic hydroxyl groups excluding tert-OH is 1. The normalized spacial score (nSPS) is 30.5. The van der Waals surface area contributed by atoms with Crippen LogP contribution in [-0.2, 0) is 21.1 Å². The predicted molar refractivity (Wildman–Crippen MR) is 94.0 cm³/mol. The minimum atomic E-state index is -3.16. The van der Waals surface area contributed by atoms with Gasteiger partial charge in [0.05, 0.1) is 22.7 Å². The minimum Gasteiger partial charge on any atom is -0.388 e. The monoisotopic (exact) mass is 369 g/mol. The molecule has 25 heavy (non-hydrogen) atoms. The molecule has 3 rings (SSSR count). The van der Waals surface area contributed by atoms with E-state index in [1.54, 1.807) is 19.1 Å². The molecule has 0 saturated carbocycles. The van der Waals surface area contributed by atoms with Crippen molar-refractivity contribution in [2.45, 2.75) is 54.9 Å². The molecule has 2 aliphatic heterocycles. The molecule has 2 saturated heterocycles. The Morgan fingerprint density at radius 3 is 2.36 bits per heavy atom. The summed E-state index contributed by atoms with van der Waals surface area (Å²) in [6.07, 6.45) is 2.47. The number of piperidine rings is 1. The number of hydrogen-bond acceptors (Lipinski definition) is 6. The molecular weight excluding hydrogens is 342 g/mol. The third-order valence-corrected chi connectivity index (χ3v) is 6.60. The molecule has 0 bridgehead atoms. The van der Waals surface area contributed by atoms with E-state index >= 15 is 0 Å². The standard InChI is InChI=1S/C18H27NO5S/c1-17(21)13-18(24-12-16(17)20)7-9-19(10-8-18)11-14-3-5-15(6-4-14)25(2,22)23/h3-6,16,20-21H,7-13H2,1-2H3/t16-,17-/m0/s1. The first kappa shape index (κ1) is 18.8. The van der Waals surface area contributed by atoms with Crippen molar-refractivity contribution < 1.29 is 23.4 Å². The van der Waals surface area contributed by atoms with E-state index in [0.717, 1.165) is 38.0 Å². The average molecular weight is 369 g/mol. The number of aliphatic hydroxyl groups is 2. The third kappa shape index (κ3) is 4.23. The number of ether oxygens (including phenoxy) is 1. The zero-order valence-corrected chi connectivity index (χ0v) is 15.6. The molecule has 0 amide bonds. The molecule has 140 valence electrons. The lowest BCUT2D eigenvalue weighted by atomic mass is 9.76. The Morgan fingerprint density at radius 2 is 1.84 bits per heavy atom. The van der Waals surface area contributed by atoms with Gasteiger partial charge in [-0.25, -0.2) is 8.42 Å². The van der Waals surface area contributed by atoms with Gasteiger partial charge in [0.1, 0.15) is 6.10 Å². The van der Waals surface area contributed by atoms with Crippen molar-refractivity contribution in [3.8, 4) is 0 Å². The van der Waals surface area contributed by atoms with Gasteiger partial charge < -0.3 is 14.9 Å². The minimum absolute atomic E-state index is 0.181. The molecule has 0 aliphatic carbocycles. The van der Waals surface area contributed by atoms with Crippen LogP contribution in [0.5, 0.6) is 0 Å². The lowest BCUT2D eigenvalue weighted by Gasteiger charge is -2.50. The molecule has 1 spiro atoms. The SMILES string of the molecule is C[C@]1(O)CC2(CCN(Cc3ccc(S(C)(=O)=O)cc3)CC2)OC[C@@H]1O. The van der Waals surface area contributed by atoms with Crippen molar-refractivity contribution in [1.29, 1.82) is 0 Å². The van der Waals surface area contributed by atoms with Crippen LogP contribution in [0.15, 0.2) is 29.2 Å². The molecule has 2 atom stereocenters. The molecule has 6 nitrogen and oxygen atoms in total. The zero-order chi connectivity index (χ0) is 18.3. The Bertz CT molecular complexity index is 705. The third-order valence-electron chi connectivity index (χ3n) is 5.47. The molecule has 1 aromatic carbocycles. The summed E-state index contributed by atoms with van der Waals surface area (Å²) in [6, 6.07) is 7.02. The first-order valence-electron chi connectivity index (χ1n) is 8.66. The van der Waals surface area contributed by atoms with Crippen LogP contribution in [-0.4, -0.2) is 66.8 Å². The van der Waals surface area contributed by atoms with Gasteiger partial charge in [0, 0.05) is 32.3 Å². The molecule has 0 unspecified atom stereocenters. The molecule has 7 heteroatoms. The second-order valence-corrected chi connectivity index (χ2v) is 9.75. The number of benzene rings is 1. The van der Waals surface area contributed by atoms with Crippen molar-refractivity contribution in [3.05, 3.63) is 29.8 Å². The predicted octanol–water partition coefficient (Wildman–Crippen LogP) is 0.957. The van der Waals surface area contributed by atoms with E-state index in [1.807, 2.05) is 12.1 Å². The Labute approximate surface area is 149 Å². The fourth-order valence-corrected chi connectivity index (χ4v) is 4.43. The highest BCUT2D eigenvalue weighted by molar-refractivity contribution is 7.90. The first-order chi connectivity index (χ1) is 11.6. The van der Waals surface area contributed by atoms with Crippen LogP contribution in [0.2, 0.25) is 0 Å². The summed E-state index contributed by atoms with van der Waals surface area (Å²) in [4.78, 5) is 2.65. The Morgan fingerprint density at radius 1 is 1.24 bits per heavy atom. The fourth-order valence-electron chi connectivity index (χ4n) is 3.80. The van der Waals surface area contributed by atoms with Gasteiger partial charge in [0.15, 0.2) is 9.84 Å². The number of hydrogen-bond donors (Lipinski definition) is 2. The maximum Gasteiger partial charge on any atom is 0.175 e. The molecule has 2 heterocycles. The van der Waals surface area contributed by atoms with E-state index in [2.05, 4.69) is 4.90 Å². The van der Waals surface area contributed by atoms with Crippen molar-refractivity contribution in [3.63, 3.8) is 0 Å². The van der Waals surface area contributed by atoms with E-state index in [-0.39, 0.29) is 12.2 Å². The van der Waals surface area contributed by atoms with Crippen LogP contribution < -0.4 is 0 Å². The van der Waals surface area contributed by atoms with Gasteiger partial charge in [-0.3, -0.25) is 4.90 Å². The number of rotatable bonds is 3. The highest BCUT2D eigenvalue weighted by atomic mass is 32.2. The van der Waals surface area contributed by atoms with Crippen LogP contribution in [0.4, 0.5) is 0 Å². The molecule has 2 N–H and O–H groups in total. The van der Waals surface area contributed by atoms with Crippen molar-refractivity contribution >= 4 is 9.84 Å². The van der Waals surface area contributed by atoms with E-state index in [4.69, 9.17) is 4.74 Å². The second kappa shape index (κ2) is 6.63. The van der Waals surface area contributed by atoms with Gasteiger partial charge in [0.25, 0.3) is 0 Å². The summed E-state index contributed by atoms with van der Waals surface area (Å²) in [6.45, 7) is 4.32. The number of likely N-dealkylation sites (tertiary alicyclic amines) is 1. The Balaban J connectivity index is 1.58. The van der Waals surface area contributed by atoms with Gasteiger partial charge in [-0.05, 0) is 37.5 Å². The molecule has 1 aromatic rings. The largest absolute Gasteiger partial charge is 0.388 e. The lowest BCUT2D eigenvalue weighted by molar-refractivity contribution is -0.223. The molecule has 0 aromatic heterocycles. The Hall–Kier alpha value is -0.990. The molecular formula is C18H27NO5S. The molecule has 2 aliphatic rings. The van der Waals surface area contributed by atoms with Crippen LogP contribution in [0, 0.1) is 0 Å². The van der Waals surface area contributed by atoms with E-state index < -0.39 is 21.5 Å². The smallest absolute Gasteiger partial charge is 0.175 e. The quantitative estimate of drug-likeness (QED) is 0.825.